The Morgan fingerprint density at radius 1 is 1.03 bits per heavy atom. The van der Waals surface area contributed by atoms with Gasteiger partial charge in [0.2, 0.25) is 11.8 Å². The summed E-state index contributed by atoms with van der Waals surface area (Å²) in [6.07, 6.45) is 2.57. The predicted molar refractivity (Wildman–Crippen MR) is 131 cm³/mol. The van der Waals surface area contributed by atoms with Crippen LogP contribution in [0.2, 0.25) is 0 Å². The molecule has 0 spiro atoms. The Morgan fingerprint density at radius 2 is 1.74 bits per heavy atom. The summed E-state index contributed by atoms with van der Waals surface area (Å²) in [5, 5.41) is 3.01. The molecule has 0 saturated heterocycles. The van der Waals surface area contributed by atoms with Crippen molar-refractivity contribution >= 4 is 23.6 Å². The average Bonchev–Trinajstić information content (AvgIpc) is 2.76. The summed E-state index contributed by atoms with van der Waals surface area (Å²) in [6, 6.07) is 16.0. The van der Waals surface area contributed by atoms with Crippen molar-refractivity contribution in [1.82, 2.24) is 10.2 Å². The summed E-state index contributed by atoms with van der Waals surface area (Å²) in [7, 11) is 0. The standard InChI is InChI=1S/C26H36N2O2S/c1-5-7-16-27-26(30)24(6-2)28(17-22-14-12-20(3)13-15-22)25(29)19-31-18-23-11-9-8-10-21(23)4/h8-15,24H,5-7,16-19H2,1-4H3,(H,27,30). The number of carbonyl (C=O) groups is 2. The SMILES string of the molecule is CCCCNC(=O)C(CC)N(Cc1ccc(C)cc1)C(=O)CSCc1ccccc1C. The van der Waals surface area contributed by atoms with Crippen LogP contribution < -0.4 is 5.32 Å². The van der Waals surface area contributed by atoms with Crippen LogP contribution in [0.25, 0.3) is 0 Å². The second kappa shape index (κ2) is 13.2. The predicted octanol–water partition coefficient (Wildman–Crippen LogP) is 5.26. The second-order valence-electron chi connectivity index (χ2n) is 8.00. The third-order valence-corrected chi connectivity index (χ3v) is 6.40. The number of rotatable bonds is 12. The van der Waals surface area contributed by atoms with Crippen LogP contribution in [-0.4, -0.2) is 35.1 Å². The van der Waals surface area contributed by atoms with Crippen molar-refractivity contribution in [1.29, 1.82) is 0 Å². The Bertz CT molecular complexity index is 836. The van der Waals surface area contributed by atoms with E-state index in [0.717, 1.165) is 24.2 Å². The highest BCUT2D eigenvalue weighted by molar-refractivity contribution is 7.99. The first-order chi connectivity index (χ1) is 15.0. The number of amides is 2. The maximum absolute atomic E-state index is 13.2. The fourth-order valence-corrected chi connectivity index (χ4v) is 4.41. The monoisotopic (exact) mass is 440 g/mol. The van der Waals surface area contributed by atoms with Crippen molar-refractivity contribution < 1.29 is 9.59 Å². The summed E-state index contributed by atoms with van der Waals surface area (Å²) in [5.74, 6) is 1.10. The summed E-state index contributed by atoms with van der Waals surface area (Å²) >= 11 is 1.61. The molecule has 1 N–H and O–H groups in total. The van der Waals surface area contributed by atoms with Gasteiger partial charge in [-0.05, 0) is 43.4 Å². The van der Waals surface area contributed by atoms with E-state index in [9.17, 15) is 9.59 Å². The Balaban J connectivity index is 2.10. The van der Waals surface area contributed by atoms with Crippen molar-refractivity contribution in [3.8, 4) is 0 Å². The molecule has 0 aliphatic rings. The van der Waals surface area contributed by atoms with Gasteiger partial charge < -0.3 is 10.2 Å². The molecular weight excluding hydrogens is 404 g/mol. The van der Waals surface area contributed by atoms with E-state index < -0.39 is 6.04 Å². The normalized spacial score (nSPS) is 11.7. The molecule has 0 aliphatic heterocycles. The first-order valence-corrected chi connectivity index (χ1v) is 12.4. The number of unbranched alkanes of at least 4 members (excludes halogenated alkanes) is 1. The van der Waals surface area contributed by atoms with Gasteiger partial charge in [-0.15, -0.1) is 11.8 Å². The minimum atomic E-state index is -0.454. The van der Waals surface area contributed by atoms with Gasteiger partial charge in [-0.1, -0.05) is 74.4 Å². The van der Waals surface area contributed by atoms with Crippen molar-refractivity contribution in [2.75, 3.05) is 12.3 Å². The molecule has 31 heavy (non-hydrogen) atoms. The molecule has 2 amide bonds. The third-order valence-electron chi connectivity index (χ3n) is 5.43. The van der Waals surface area contributed by atoms with Gasteiger partial charge in [-0.3, -0.25) is 9.59 Å². The number of nitrogens with zero attached hydrogens (tertiary/aromatic N) is 1. The molecule has 0 fully saturated rings. The molecule has 0 radical (unpaired) electrons. The quantitative estimate of drug-likeness (QED) is 0.458. The highest BCUT2D eigenvalue weighted by atomic mass is 32.2. The van der Waals surface area contributed by atoms with Crippen LogP contribution in [-0.2, 0) is 21.9 Å². The molecule has 0 saturated carbocycles. The lowest BCUT2D eigenvalue weighted by atomic mass is 10.1. The number of carbonyl (C=O) groups excluding carboxylic acids is 2. The Hall–Kier alpha value is -2.27. The number of benzene rings is 2. The molecule has 1 atom stereocenters. The van der Waals surface area contributed by atoms with Gasteiger partial charge >= 0.3 is 0 Å². The first-order valence-electron chi connectivity index (χ1n) is 11.2. The molecule has 5 heteroatoms. The number of thioether (sulfide) groups is 1. The van der Waals surface area contributed by atoms with Gasteiger partial charge in [0.25, 0.3) is 0 Å². The molecule has 0 aromatic heterocycles. The molecule has 168 valence electrons. The third kappa shape index (κ3) is 8.06. The maximum atomic E-state index is 13.2. The number of hydrogen-bond donors (Lipinski definition) is 1. The van der Waals surface area contributed by atoms with Gasteiger partial charge in [0, 0.05) is 18.8 Å². The second-order valence-corrected chi connectivity index (χ2v) is 8.98. The van der Waals surface area contributed by atoms with E-state index in [1.54, 1.807) is 16.7 Å². The highest BCUT2D eigenvalue weighted by Crippen LogP contribution is 2.19. The molecule has 2 rings (SSSR count). The molecule has 4 nitrogen and oxygen atoms in total. The van der Waals surface area contributed by atoms with Crippen LogP contribution in [0.4, 0.5) is 0 Å². The summed E-state index contributed by atoms with van der Waals surface area (Å²) < 4.78 is 0. The smallest absolute Gasteiger partial charge is 0.242 e. The fraction of sp³-hybridized carbons (Fsp3) is 0.462. The lowest BCUT2D eigenvalue weighted by molar-refractivity contribution is -0.139. The molecule has 1 unspecified atom stereocenters. The van der Waals surface area contributed by atoms with E-state index >= 15 is 0 Å². The number of hydrogen-bond acceptors (Lipinski definition) is 3. The molecule has 0 aliphatic carbocycles. The van der Waals surface area contributed by atoms with Crippen molar-refractivity contribution in [3.63, 3.8) is 0 Å². The van der Waals surface area contributed by atoms with Crippen LogP contribution in [0.15, 0.2) is 48.5 Å². The van der Waals surface area contributed by atoms with Gasteiger partial charge in [-0.25, -0.2) is 0 Å². The van der Waals surface area contributed by atoms with Crippen LogP contribution >= 0.6 is 11.8 Å². The highest BCUT2D eigenvalue weighted by Gasteiger charge is 2.28. The van der Waals surface area contributed by atoms with Crippen LogP contribution in [0.1, 0.15) is 55.4 Å². The van der Waals surface area contributed by atoms with E-state index in [0.29, 0.717) is 25.3 Å². The van der Waals surface area contributed by atoms with Crippen molar-refractivity contribution in [2.45, 2.75) is 65.3 Å². The molecule has 0 bridgehead atoms. The van der Waals surface area contributed by atoms with E-state index in [-0.39, 0.29) is 11.8 Å². The van der Waals surface area contributed by atoms with E-state index in [2.05, 4.69) is 31.3 Å². The minimum absolute atomic E-state index is 0.0108. The molecular formula is C26H36N2O2S. The average molecular weight is 441 g/mol. The van der Waals surface area contributed by atoms with E-state index in [4.69, 9.17) is 0 Å². The summed E-state index contributed by atoms with van der Waals surface area (Å²) in [6.45, 7) is 9.31. The lowest BCUT2D eigenvalue weighted by Gasteiger charge is -2.30. The number of aryl methyl sites for hydroxylation is 2. The van der Waals surface area contributed by atoms with E-state index in [1.807, 2.05) is 50.2 Å². The lowest BCUT2D eigenvalue weighted by Crippen LogP contribution is -2.49. The van der Waals surface area contributed by atoms with Gasteiger partial charge in [0.15, 0.2) is 0 Å². The maximum Gasteiger partial charge on any atom is 0.242 e. The number of nitrogens with one attached hydrogen (secondary N) is 1. The van der Waals surface area contributed by atoms with Gasteiger partial charge in [0.05, 0.1) is 5.75 Å². The topological polar surface area (TPSA) is 49.4 Å². The Morgan fingerprint density at radius 3 is 2.39 bits per heavy atom. The summed E-state index contributed by atoms with van der Waals surface area (Å²) in [4.78, 5) is 27.9. The van der Waals surface area contributed by atoms with Crippen molar-refractivity contribution in [2.24, 2.45) is 0 Å². The Kier molecular flexibility index (Phi) is 10.6. The van der Waals surface area contributed by atoms with Crippen molar-refractivity contribution in [3.05, 3.63) is 70.8 Å². The minimum Gasteiger partial charge on any atom is -0.354 e. The Labute approximate surface area is 191 Å². The zero-order chi connectivity index (χ0) is 22.6. The zero-order valence-electron chi connectivity index (χ0n) is 19.3. The summed E-state index contributed by atoms with van der Waals surface area (Å²) in [5.41, 5.74) is 4.71. The van der Waals surface area contributed by atoms with Crippen LogP contribution in [0.5, 0.6) is 0 Å². The fourth-order valence-electron chi connectivity index (χ4n) is 3.42. The zero-order valence-corrected chi connectivity index (χ0v) is 20.1. The molecule has 0 heterocycles. The first kappa shape index (κ1) is 25.0. The van der Waals surface area contributed by atoms with Gasteiger partial charge in [0.1, 0.15) is 6.04 Å². The van der Waals surface area contributed by atoms with E-state index in [1.165, 1.54) is 16.7 Å². The van der Waals surface area contributed by atoms with Crippen LogP contribution in [0.3, 0.4) is 0 Å². The largest absolute Gasteiger partial charge is 0.354 e. The van der Waals surface area contributed by atoms with Crippen LogP contribution in [0, 0.1) is 13.8 Å². The molecule has 2 aromatic carbocycles. The molecule has 2 aromatic rings. The van der Waals surface area contributed by atoms with Gasteiger partial charge in [-0.2, -0.15) is 0 Å².